The number of halogens is 2. The molecular formula is C19H22Cl2N2O. The molecule has 0 aliphatic carbocycles. The van der Waals surface area contributed by atoms with E-state index in [1.807, 2.05) is 30.3 Å². The first-order valence-corrected chi connectivity index (χ1v) is 8.85. The van der Waals surface area contributed by atoms with Crippen molar-refractivity contribution in [3.63, 3.8) is 0 Å². The Morgan fingerprint density at radius 1 is 1.00 bits per heavy atom. The number of benzene rings is 2. The van der Waals surface area contributed by atoms with Gasteiger partial charge in [0.2, 0.25) is 0 Å². The highest BCUT2D eigenvalue weighted by Gasteiger charge is 2.21. The number of nitrogens with zero attached hydrogens (tertiary/aromatic N) is 1. The molecule has 3 nitrogen and oxygen atoms in total. The van der Waals surface area contributed by atoms with Gasteiger partial charge in [-0.05, 0) is 36.9 Å². The molecule has 0 heterocycles. The quantitative estimate of drug-likeness (QED) is 0.764. The Balaban J connectivity index is 2.19. The highest BCUT2D eigenvalue weighted by molar-refractivity contribution is 6.33. The first-order valence-electron chi connectivity index (χ1n) is 8.09. The predicted octanol–water partition coefficient (Wildman–Crippen LogP) is 4.81. The van der Waals surface area contributed by atoms with Gasteiger partial charge in [0.15, 0.2) is 0 Å². The summed E-state index contributed by atoms with van der Waals surface area (Å²) in [6.45, 7) is 6.41. The molecule has 0 radical (unpaired) electrons. The molecule has 2 aromatic rings. The fourth-order valence-electron chi connectivity index (χ4n) is 2.78. The van der Waals surface area contributed by atoms with Gasteiger partial charge in [0.05, 0.1) is 16.6 Å². The topological polar surface area (TPSA) is 32.3 Å². The van der Waals surface area contributed by atoms with Crippen molar-refractivity contribution in [2.45, 2.75) is 19.9 Å². The molecule has 0 saturated carbocycles. The van der Waals surface area contributed by atoms with Gasteiger partial charge in [0, 0.05) is 11.6 Å². The van der Waals surface area contributed by atoms with Gasteiger partial charge >= 0.3 is 0 Å². The SMILES string of the molecule is CCN(CC)C(CNC(=O)c1ccccc1Cl)c1ccccc1Cl. The van der Waals surface area contributed by atoms with E-state index in [-0.39, 0.29) is 11.9 Å². The largest absolute Gasteiger partial charge is 0.350 e. The lowest BCUT2D eigenvalue weighted by molar-refractivity contribution is 0.0935. The molecule has 2 aromatic carbocycles. The Bertz CT molecular complexity index is 687. The summed E-state index contributed by atoms with van der Waals surface area (Å²) in [6, 6.07) is 14.8. The van der Waals surface area contributed by atoms with E-state index in [1.54, 1.807) is 18.2 Å². The van der Waals surface area contributed by atoms with Gasteiger partial charge in [0.1, 0.15) is 0 Å². The summed E-state index contributed by atoms with van der Waals surface area (Å²) in [5, 5.41) is 4.15. The van der Waals surface area contributed by atoms with Crippen molar-refractivity contribution in [2.24, 2.45) is 0 Å². The molecule has 1 unspecified atom stereocenters. The maximum atomic E-state index is 12.4. The summed E-state index contributed by atoms with van der Waals surface area (Å²) in [6.07, 6.45) is 0. The summed E-state index contributed by atoms with van der Waals surface area (Å²) in [5.74, 6) is -0.176. The number of likely N-dealkylation sites (N-methyl/N-ethyl adjacent to an activating group) is 1. The van der Waals surface area contributed by atoms with Crippen molar-refractivity contribution in [3.05, 3.63) is 69.7 Å². The normalized spacial score (nSPS) is 12.2. The van der Waals surface area contributed by atoms with E-state index in [0.29, 0.717) is 22.2 Å². The molecule has 2 rings (SSSR count). The third-order valence-electron chi connectivity index (χ3n) is 4.09. The van der Waals surface area contributed by atoms with Crippen LogP contribution in [-0.4, -0.2) is 30.4 Å². The number of carbonyl (C=O) groups excluding carboxylic acids is 1. The molecule has 0 aliphatic heterocycles. The van der Waals surface area contributed by atoms with E-state index in [9.17, 15) is 4.79 Å². The number of carbonyl (C=O) groups is 1. The standard InChI is InChI=1S/C19H22Cl2N2O/c1-3-23(4-2)18(14-9-5-7-11-16(14)20)13-22-19(24)15-10-6-8-12-17(15)21/h5-12,18H,3-4,13H2,1-2H3,(H,22,24). The lowest BCUT2D eigenvalue weighted by Gasteiger charge is -2.31. The van der Waals surface area contributed by atoms with Crippen LogP contribution in [-0.2, 0) is 0 Å². The molecule has 0 fully saturated rings. The zero-order chi connectivity index (χ0) is 17.5. The Morgan fingerprint density at radius 3 is 2.17 bits per heavy atom. The Labute approximate surface area is 153 Å². The van der Waals surface area contributed by atoms with Gasteiger partial charge in [0.25, 0.3) is 5.91 Å². The number of amides is 1. The highest BCUT2D eigenvalue weighted by Crippen LogP contribution is 2.27. The fourth-order valence-corrected chi connectivity index (χ4v) is 3.26. The third-order valence-corrected chi connectivity index (χ3v) is 4.77. The maximum absolute atomic E-state index is 12.4. The molecule has 0 aliphatic rings. The van der Waals surface area contributed by atoms with Crippen LogP contribution in [0.15, 0.2) is 48.5 Å². The van der Waals surface area contributed by atoms with Crippen LogP contribution in [0.2, 0.25) is 10.0 Å². The van der Waals surface area contributed by atoms with Gasteiger partial charge in [-0.1, -0.05) is 67.4 Å². The van der Waals surface area contributed by atoms with Crippen molar-refractivity contribution in [2.75, 3.05) is 19.6 Å². The van der Waals surface area contributed by atoms with Gasteiger partial charge in [-0.3, -0.25) is 9.69 Å². The van der Waals surface area contributed by atoms with Crippen molar-refractivity contribution in [1.82, 2.24) is 10.2 Å². The Kier molecular flexibility index (Phi) is 7.10. The van der Waals surface area contributed by atoms with E-state index >= 15 is 0 Å². The van der Waals surface area contributed by atoms with Crippen LogP contribution in [0.25, 0.3) is 0 Å². The third kappa shape index (κ3) is 4.50. The van der Waals surface area contributed by atoms with E-state index in [1.165, 1.54) is 0 Å². The van der Waals surface area contributed by atoms with Gasteiger partial charge in [-0.15, -0.1) is 0 Å². The van der Waals surface area contributed by atoms with Gasteiger partial charge in [-0.25, -0.2) is 0 Å². The average Bonchev–Trinajstić information content (AvgIpc) is 2.59. The fraction of sp³-hybridized carbons (Fsp3) is 0.316. The number of nitrogens with one attached hydrogen (secondary N) is 1. The molecule has 1 N–H and O–H groups in total. The van der Waals surface area contributed by atoms with Crippen molar-refractivity contribution < 1.29 is 4.79 Å². The summed E-state index contributed by atoms with van der Waals surface area (Å²) in [4.78, 5) is 14.7. The predicted molar refractivity (Wildman–Crippen MR) is 101 cm³/mol. The van der Waals surface area contributed by atoms with E-state index in [4.69, 9.17) is 23.2 Å². The molecular weight excluding hydrogens is 343 g/mol. The minimum atomic E-state index is -0.176. The molecule has 5 heteroatoms. The summed E-state index contributed by atoms with van der Waals surface area (Å²) < 4.78 is 0. The first kappa shape index (κ1) is 18.8. The number of rotatable bonds is 7. The highest BCUT2D eigenvalue weighted by atomic mass is 35.5. The minimum Gasteiger partial charge on any atom is -0.350 e. The molecule has 0 aromatic heterocycles. The maximum Gasteiger partial charge on any atom is 0.252 e. The molecule has 0 bridgehead atoms. The van der Waals surface area contributed by atoms with Crippen LogP contribution in [0.5, 0.6) is 0 Å². The van der Waals surface area contributed by atoms with Crippen LogP contribution in [0.4, 0.5) is 0 Å². The smallest absolute Gasteiger partial charge is 0.252 e. The van der Waals surface area contributed by atoms with Crippen LogP contribution in [0.1, 0.15) is 35.8 Å². The lowest BCUT2D eigenvalue weighted by atomic mass is 10.0. The van der Waals surface area contributed by atoms with Crippen molar-refractivity contribution in [3.8, 4) is 0 Å². The second-order valence-electron chi connectivity index (χ2n) is 5.45. The van der Waals surface area contributed by atoms with Crippen LogP contribution < -0.4 is 5.32 Å². The zero-order valence-corrected chi connectivity index (χ0v) is 15.4. The van der Waals surface area contributed by atoms with Crippen molar-refractivity contribution >= 4 is 29.1 Å². The summed E-state index contributed by atoms with van der Waals surface area (Å²) in [7, 11) is 0. The number of hydrogen-bond donors (Lipinski definition) is 1. The monoisotopic (exact) mass is 364 g/mol. The minimum absolute atomic E-state index is 0.0140. The molecule has 24 heavy (non-hydrogen) atoms. The van der Waals surface area contributed by atoms with Gasteiger partial charge < -0.3 is 5.32 Å². The molecule has 0 saturated heterocycles. The first-order chi connectivity index (χ1) is 11.6. The average molecular weight is 365 g/mol. The Morgan fingerprint density at radius 2 is 1.58 bits per heavy atom. The lowest BCUT2D eigenvalue weighted by Crippen LogP contribution is -2.38. The van der Waals surface area contributed by atoms with Crippen molar-refractivity contribution in [1.29, 1.82) is 0 Å². The van der Waals surface area contributed by atoms with Crippen LogP contribution >= 0.6 is 23.2 Å². The summed E-state index contributed by atoms with van der Waals surface area (Å²) in [5.41, 5.74) is 1.50. The second kappa shape index (κ2) is 9.07. The van der Waals surface area contributed by atoms with Crippen LogP contribution in [0, 0.1) is 0 Å². The van der Waals surface area contributed by atoms with E-state index < -0.39 is 0 Å². The van der Waals surface area contributed by atoms with E-state index in [2.05, 4.69) is 24.1 Å². The Hall–Kier alpha value is -1.55. The van der Waals surface area contributed by atoms with E-state index in [0.717, 1.165) is 18.7 Å². The molecule has 1 amide bonds. The zero-order valence-electron chi connectivity index (χ0n) is 13.9. The number of hydrogen-bond acceptors (Lipinski definition) is 2. The second-order valence-corrected chi connectivity index (χ2v) is 6.26. The van der Waals surface area contributed by atoms with Gasteiger partial charge in [-0.2, -0.15) is 0 Å². The summed E-state index contributed by atoms with van der Waals surface area (Å²) >= 11 is 12.5. The molecule has 1 atom stereocenters. The molecule has 128 valence electrons. The van der Waals surface area contributed by atoms with Crippen LogP contribution in [0.3, 0.4) is 0 Å². The molecule has 0 spiro atoms.